The van der Waals surface area contributed by atoms with Gasteiger partial charge in [-0.2, -0.15) is 10.5 Å². The van der Waals surface area contributed by atoms with E-state index in [4.69, 9.17) is 19.9 Å². The molecule has 0 fully saturated rings. The lowest BCUT2D eigenvalue weighted by molar-refractivity contribution is 0.928. The highest BCUT2D eigenvalue weighted by molar-refractivity contribution is 6.12. The topological polar surface area (TPSA) is 135 Å². The molecule has 0 aliphatic rings. The van der Waals surface area contributed by atoms with Crippen molar-refractivity contribution >= 4 is 43.6 Å². The number of nitriles is 2. The van der Waals surface area contributed by atoms with Crippen LogP contribution in [0.1, 0.15) is 34.4 Å². The Balaban J connectivity index is 1.36. The standard InChI is InChI=1S/C48H32N10/c1-27-51-28(2)54-47(53-27)33-16-18-38-36-12-5-7-14-41(36)57(43(38)21-33)45-23-35(26-50)40(32-11-9-10-31(20-32)25-49)24-46(45)58-42-15-8-6-13-37(42)39-19-17-34(22-44(39)58)48-55-29(3)52-30(4)56-48/h5-24H,1-4H3. The normalized spacial score (nSPS) is 11.4. The number of nitrogens with zero attached hydrogens (tertiary/aromatic N) is 10. The molecule has 10 nitrogen and oxygen atoms in total. The predicted molar refractivity (Wildman–Crippen MR) is 227 cm³/mol. The highest BCUT2D eigenvalue weighted by atomic mass is 15.1. The molecule has 0 unspecified atom stereocenters. The average molecular weight is 749 g/mol. The third-order valence-electron chi connectivity index (χ3n) is 10.6. The smallest absolute Gasteiger partial charge is 0.163 e. The van der Waals surface area contributed by atoms with Gasteiger partial charge >= 0.3 is 0 Å². The molecule has 58 heavy (non-hydrogen) atoms. The maximum absolute atomic E-state index is 10.9. The van der Waals surface area contributed by atoms with Crippen molar-refractivity contribution in [3.8, 4) is 57.4 Å². The summed E-state index contributed by atoms with van der Waals surface area (Å²) >= 11 is 0. The van der Waals surface area contributed by atoms with Gasteiger partial charge in [-0.3, -0.25) is 0 Å². The van der Waals surface area contributed by atoms with E-state index in [1.54, 1.807) is 6.07 Å². The molecule has 4 aromatic heterocycles. The van der Waals surface area contributed by atoms with Crippen LogP contribution in [0.3, 0.4) is 0 Å². The summed E-state index contributed by atoms with van der Waals surface area (Å²) in [5.74, 6) is 3.77. The first-order valence-corrected chi connectivity index (χ1v) is 18.8. The molecule has 0 saturated carbocycles. The molecular formula is C48H32N10. The minimum Gasteiger partial charge on any atom is -0.307 e. The number of aryl methyl sites for hydroxylation is 4. The molecule has 0 bridgehead atoms. The molecule has 0 radical (unpaired) electrons. The van der Waals surface area contributed by atoms with Crippen molar-refractivity contribution in [3.63, 3.8) is 0 Å². The van der Waals surface area contributed by atoms with Gasteiger partial charge in [0.05, 0.1) is 56.7 Å². The Hall–Kier alpha value is -8.08. The minimum atomic E-state index is 0.470. The molecule has 274 valence electrons. The van der Waals surface area contributed by atoms with Crippen LogP contribution in [0.5, 0.6) is 0 Å². The van der Waals surface area contributed by atoms with Crippen LogP contribution >= 0.6 is 0 Å². The lowest BCUT2D eigenvalue weighted by Crippen LogP contribution is -2.06. The van der Waals surface area contributed by atoms with Crippen molar-refractivity contribution in [2.45, 2.75) is 27.7 Å². The number of aromatic nitrogens is 8. The summed E-state index contributed by atoms with van der Waals surface area (Å²) in [5, 5.41) is 25.0. The van der Waals surface area contributed by atoms with E-state index in [1.165, 1.54) is 0 Å². The van der Waals surface area contributed by atoms with Crippen LogP contribution in [0.4, 0.5) is 0 Å². The van der Waals surface area contributed by atoms with Gasteiger partial charge in [-0.05, 0) is 81.8 Å². The van der Waals surface area contributed by atoms with E-state index in [-0.39, 0.29) is 0 Å². The van der Waals surface area contributed by atoms with Gasteiger partial charge in [0.15, 0.2) is 11.6 Å². The first kappa shape index (κ1) is 34.4. The van der Waals surface area contributed by atoms with Gasteiger partial charge in [-0.1, -0.05) is 72.8 Å². The van der Waals surface area contributed by atoms with Crippen molar-refractivity contribution in [1.29, 1.82) is 10.5 Å². The van der Waals surface area contributed by atoms with Gasteiger partial charge in [-0.15, -0.1) is 0 Å². The summed E-state index contributed by atoms with van der Waals surface area (Å²) < 4.78 is 4.51. The Bertz CT molecular complexity index is 3390. The van der Waals surface area contributed by atoms with Gasteiger partial charge in [0.1, 0.15) is 23.3 Å². The lowest BCUT2D eigenvalue weighted by atomic mass is 9.96. The first-order chi connectivity index (χ1) is 28.3. The van der Waals surface area contributed by atoms with Gasteiger partial charge in [0.25, 0.3) is 0 Å². The number of para-hydroxylation sites is 2. The Morgan fingerprint density at radius 2 is 0.897 bits per heavy atom. The highest BCUT2D eigenvalue weighted by Crippen LogP contribution is 2.42. The fraction of sp³-hybridized carbons (Fsp3) is 0.0833. The summed E-state index contributed by atoms with van der Waals surface area (Å²) in [4.78, 5) is 27.7. The van der Waals surface area contributed by atoms with Crippen LogP contribution in [-0.2, 0) is 0 Å². The zero-order chi connectivity index (χ0) is 39.7. The number of rotatable bonds is 5. The summed E-state index contributed by atoms with van der Waals surface area (Å²) in [7, 11) is 0. The second-order valence-corrected chi connectivity index (χ2v) is 14.4. The maximum Gasteiger partial charge on any atom is 0.163 e. The van der Waals surface area contributed by atoms with Crippen LogP contribution < -0.4 is 0 Å². The van der Waals surface area contributed by atoms with Crippen LogP contribution in [-0.4, -0.2) is 39.0 Å². The molecule has 0 aliphatic heterocycles. The Kier molecular flexibility index (Phi) is 7.89. The van der Waals surface area contributed by atoms with Gasteiger partial charge in [0.2, 0.25) is 0 Å². The lowest BCUT2D eigenvalue weighted by Gasteiger charge is -2.20. The van der Waals surface area contributed by atoms with Gasteiger partial charge < -0.3 is 9.13 Å². The molecule has 10 rings (SSSR count). The second-order valence-electron chi connectivity index (χ2n) is 14.4. The van der Waals surface area contributed by atoms with E-state index in [1.807, 2.05) is 70.2 Å². The maximum atomic E-state index is 10.9. The SMILES string of the molecule is Cc1nc(C)nc(-c2ccc3c4ccccc4n(-c4cc(C#N)c(-c5cccc(C#N)c5)cc4-n4c5ccccc5c5ccc(-c6nc(C)nc(C)n6)cc54)c3c2)n1. The van der Waals surface area contributed by atoms with E-state index in [0.717, 1.165) is 71.7 Å². The molecule has 0 saturated heterocycles. The molecular weight excluding hydrogens is 717 g/mol. The molecule has 6 aromatic carbocycles. The van der Waals surface area contributed by atoms with E-state index in [0.29, 0.717) is 51.6 Å². The third-order valence-corrected chi connectivity index (χ3v) is 10.6. The van der Waals surface area contributed by atoms with Crippen LogP contribution in [0.25, 0.3) is 88.9 Å². The van der Waals surface area contributed by atoms with Crippen molar-refractivity contribution < 1.29 is 0 Å². The van der Waals surface area contributed by atoms with Crippen molar-refractivity contribution in [3.05, 3.63) is 156 Å². The molecule has 0 atom stereocenters. The summed E-state index contributed by atoms with van der Waals surface area (Å²) in [6.07, 6.45) is 0. The number of fused-ring (bicyclic) bond motifs is 6. The highest BCUT2D eigenvalue weighted by Gasteiger charge is 2.23. The van der Waals surface area contributed by atoms with E-state index in [2.05, 4.69) is 104 Å². The van der Waals surface area contributed by atoms with Crippen LogP contribution in [0, 0.1) is 50.4 Å². The van der Waals surface area contributed by atoms with Crippen molar-refractivity contribution in [2.24, 2.45) is 0 Å². The fourth-order valence-corrected chi connectivity index (χ4v) is 8.25. The quantitative estimate of drug-likeness (QED) is 0.170. The Morgan fingerprint density at radius 3 is 1.40 bits per heavy atom. The second kappa shape index (κ2) is 13.3. The first-order valence-electron chi connectivity index (χ1n) is 18.8. The van der Waals surface area contributed by atoms with Crippen LogP contribution in [0.15, 0.2) is 121 Å². The predicted octanol–water partition coefficient (Wildman–Crippen LogP) is 10.2. The largest absolute Gasteiger partial charge is 0.307 e. The van der Waals surface area contributed by atoms with Gasteiger partial charge in [0, 0.05) is 38.2 Å². The zero-order valence-electron chi connectivity index (χ0n) is 32.0. The molecule has 0 N–H and O–H groups in total. The van der Waals surface area contributed by atoms with Crippen molar-refractivity contribution in [1.82, 2.24) is 39.0 Å². The van der Waals surface area contributed by atoms with Gasteiger partial charge in [-0.25, -0.2) is 29.9 Å². The summed E-state index contributed by atoms with van der Waals surface area (Å²) in [6, 6.07) is 45.6. The van der Waals surface area contributed by atoms with Crippen LogP contribution in [0.2, 0.25) is 0 Å². The Labute approximate surface area is 333 Å². The Morgan fingerprint density at radius 1 is 0.414 bits per heavy atom. The minimum absolute atomic E-state index is 0.470. The molecule has 0 amide bonds. The molecule has 10 aromatic rings. The fourth-order valence-electron chi connectivity index (χ4n) is 8.25. The number of hydrogen-bond acceptors (Lipinski definition) is 8. The molecule has 4 heterocycles. The third kappa shape index (κ3) is 5.55. The van der Waals surface area contributed by atoms with E-state index in [9.17, 15) is 10.5 Å². The summed E-state index contributed by atoms with van der Waals surface area (Å²) in [5.41, 5.74) is 9.61. The number of hydrogen-bond donors (Lipinski definition) is 0. The number of benzene rings is 6. The summed E-state index contributed by atoms with van der Waals surface area (Å²) in [6.45, 7) is 7.49. The van der Waals surface area contributed by atoms with Crippen molar-refractivity contribution in [2.75, 3.05) is 0 Å². The molecule has 0 aliphatic carbocycles. The van der Waals surface area contributed by atoms with E-state index < -0.39 is 0 Å². The molecule has 0 spiro atoms. The average Bonchev–Trinajstić information content (AvgIpc) is 3.74. The van der Waals surface area contributed by atoms with E-state index >= 15 is 0 Å². The zero-order valence-corrected chi connectivity index (χ0v) is 32.0. The monoisotopic (exact) mass is 748 g/mol. The molecule has 10 heteroatoms.